The Balaban J connectivity index is 0.958. The lowest BCUT2D eigenvalue weighted by atomic mass is 9.53. The smallest absolute Gasteiger partial charge is 0.0455 e. The zero-order chi connectivity index (χ0) is 39.4. The van der Waals surface area contributed by atoms with Gasteiger partial charge in [0, 0.05) is 23.0 Å². The van der Waals surface area contributed by atoms with Crippen molar-refractivity contribution in [3.8, 4) is 11.1 Å². The lowest BCUT2D eigenvalue weighted by Crippen LogP contribution is -2.59. The van der Waals surface area contributed by atoms with Gasteiger partial charge in [0.2, 0.25) is 0 Å². The van der Waals surface area contributed by atoms with E-state index in [4.69, 9.17) is 0 Å². The van der Waals surface area contributed by atoms with E-state index in [1.165, 1.54) is 76.8 Å². The lowest BCUT2D eigenvalue weighted by molar-refractivity contribution is -0.00569. The first-order valence-electron chi connectivity index (χ1n) is 23.3. The van der Waals surface area contributed by atoms with Gasteiger partial charge in [-0.2, -0.15) is 0 Å². The molecule has 1 saturated carbocycles. The van der Waals surface area contributed by atoms with Gasteiger partial charge in [0.15, 0.2) is 0 Å². The fourth-order valence-corrected chi connectivity index (χ4v) is 13.1. The number of benzene rings is 2. The molecule has 0 aromatic heterocycles. The predicted octanol–water partition coefficient (Wildman–Crippen LogP) is 12.7. The molecule has 0 bridgehead atoms. The summed E-state index contributed by atoms with van der Waals surface area (Å²) in [6, 6.07) is 17.6. The molecule has 8 aliphatic carbocycles. The molecule has 0 saturated heterocycles. The molecule has 1 nitrogen and oxygen atoms in total. The van der Waals surface area contributed by atoms with Crippen LogP contribution in [0.5, 0.6) is 0 Å². The largest absolute Gasteiger partial charge is 0.285 e. The Morgan fingerprint density at radius 1 is 0.741 bits per heavy atom. The Kier molecular flexibility index (Phi) is 10.1. The Hall–Kier alpha value is -4.20. The summed E-state index contributed by atoms with van der Waals surface area (Å²) in [6.45, 7) is 9.99. The van der Waals surface area contributed by atoms with E-state index in [2.05, 4.69) is 166 Å². The van der Waals surface area contributed by atoms with Crippen LogP contribution in [0.15, 0.2) is 150 Å². The van der Waals surface area contributed by atoms with Crippen LogP contribution in [0.1, 0.15) is 110 Å². The summed E-state index contributed by atoms with van der Waals surface area (Å²) >= 11 is 0. The van der Waals surface area contributed by atoms with E-state index in [1.54, 1.807) is 16.7 Å². The summed E-state index contributed by atoms with van der Waals surface area (Å²) in [5, 5.41) is 2.96. The zero-order valence-corrected chi connectivity index (χ0v) is 35.7. The van der Waals surface area contributed by atoms with E-state index >= 15 is 0 Å². The number of allylic oxidation sites excluding steroid dienone is 15. The number of hydrogen-bond donors (Lipinski definition) is 0. The molecule has 0 amide bonds. The SMILES string of the molecule is CC1C=CC=C(C2C=C[C@H](N(C3CCCC(C)C3C)C3(C)C=CC(C4=CCC(C5(C6=CC=CCC6)C6=c7c(cccc7=CCC6)-c6ccccc65)C=C4)=CC3)CC2)C1. The Morgan fingerprint density at radius 2 is 1.62 bits per heavy atom. The van der Waals surface area contributed by atoms with Gasteiger partial charge >= 0.3 is 0 Å². The number of hydrogen-bond acceptors (Lipinski definition) is 1. The maximum atomic E-state index is 3.02. The first-order chi connectivity index (χ1) is 28.3. The van der Waals surface area contributed by atoms with Gasteiger partial charge in [-0.05, 0) is 145 Å². The molecular weight excluding hydrogens is 699 g/mol. The zero-order valence-electron chi connectivity index (χ0n) is 35.7. The molecule has 8 aliphatic rings. The van der Waals surface area contributed by atoms with Crippen LogP contribution in [0.4, 0.5) is 0 Å². The molecule has 1 fully saturated rings. The van der Waals surface area contributed by atoms with Gasteiger partial charge in [-0.15, -0.1) is 0 Å². The summed E-state index contributed by atoms with van der Waals surface area (Å²) in [5.74, 6) is 3.12. The van der Waals surface area contributed by atoms with Crippen molar-refractivity contribution in [1.82, 2.24) is 4.90 Å². The second kappa shape index (κ2) is 15.4. The lowest BCUT2D eigenvalue weighted by Gasteiger charge is -2.53. The molecule has 0 radical (unpaired) electrons. The monoisotopic (exact) mass is 764 g/mol. The van der Waals surface area contributed by atoms with Crippen LogP contribution in [0.25, 0.3) is 22.8 Å². The maximum absolute atomic E-state index is 3.02. The summed E-state index contributed by atoms with van der Waals surface area (Å²) in [6.07, 6.45) is 51.9. The van der Waals surface area contributed by atoms with Crippen molar-refractivity contribution >= 4 is 11.6 Å². The number of rotatable bonds is 7. The van der Waals surface area contributed by atoms with E-state index in [9.17, 15) is 0 Å². The van der Waals surface area contributed by atoms with E-state index in [-0.39, 0.29) is 11.0 Å². The van der Waals surface area contributed by atoms with E-state index < -0.39 is 0 Å². The molecule has 9 atom stereocenters. The topological polar surface area (TPSA) is 3.24 Å². The highest BCUT2D eigenvalue weighted by Gasteiger charge is 2.49. The Labute approximate surface area is 349 Å². The summed E-state index contributed by atoms with van der Waals surface area (Å²) in [5.41, 5.74) is 12.0. The first-order valence-corrected chi connectivity index (χ1v) is 23.3. The molecule has 0 N–H and O–H groups in total. The van der Waals surface area contributed by atoms with Crippen molar-refractivity contribution in [3.05, 3.63) is 166 Å². The van der Waals surface area contributed by atoms with Crippen molar-refractivity contribution in [2.75, 3.05) is 0 Å². The molecule has 0 aliphatic heterocycles. The molecule has 58 heavy (non-hydrogen) atoms. The summed E-state index contributed by atoms with van der Waals surface area (Å²) in [7, 11) is 0. The van der Waals surface area contributed by atoms with Crippen molar-refractivity contribution in [3.63, 3.8) is 0 Å². The predicted molar refractivity (Wildman–Crippen MR) is 246 cm³/mol. The Morgan fingerprint density at radius 3 is 2.40 bits per heavy atom. The minimum atomic E-state index is -0.129. The van der Waals surface area contributed by atoms with Gasteiger partial charge in [-0.3, -0.25) is 4.90 Å². The molecule has 2 aromatic carbocycles. The highest BCUT2D eigenvalue weighted by atomic mass is 15.3. The third kappa shape index (κ3) is 6.38. The van der Waals surface area contributed by atoms with Gasteiger partial charge in [0.1, 0.15) is 0 Å². The molecule has 0 spiro atoms. The molecule has 2 aromatic rings. The van der Waals surface area contributed by atoms with Crippen LogP contribution >= 0.6 is 0 Å². The molecule has 0 heterocycles. The van der Waals surface area contributed by atoms with Crippen LogP contribution in [-0.2, 0) is 5.41 Å². The molecule has 8 unspecified atom stereocenters. The number of nitrogens with zero attached hydrogens (tertiary/aromatic N) is 1. The minimum Gasteiger partial charge on any atom is -0.285 e. The fraction of sp³-hybridized carbons (Fsp3) is 0.439. The summed E-state index contributed by atoms with van der Waals surface area (Å²) in [4.78, 5) is 3.02. The minimum absolute atomic E-state index is 0.000738. The molecule has 10 rings (SSSR count). The van der Waals surface area contributed by atoms with Crippen molar-refractivity contribution in [2.24, 2.45) is 29.6 Å². The van der Waals surface area contributed by atoms with E-state index in [0.29, 0.717) is 35.8 Å². The van der Waals surface area contributed by atoms with Gasteiger partial charge in [0.05, 0.1) is 0 Å². The summed E-state index contributed by atoms with van der Waals surface area (Å²) < 4.78 is 0. The second-order valence-corrected chi connectivity index (χ2v) is 19.6. The second-order valence-electron chi connectivity index (χ2n) is 19.6. The highest BCUT2D eigenvalue weighted by molar-refractivity contribution is 5.86. The van der Waals surface area contributed by atoms with Crippen LogP contribution < -0.4 is 10.4 Å². The Bertz CT molecular complexity index is 2370. The first kappa shape index (κ1) is 38.0. The van der Waals surface area contributed by atoms with Crippen LogP contribution in [0, 0.1) is 29.6 Å². The van der Waals surface area contributed by atoms with Gasteiger partial charge in [0.25, 0.3) is 0 Å². The van der Waals surface area contributed by atoms with Gasteiger partial charge in [-0.25, -0.2) is 0 Å². The molecular formula is C57H65N. The van der Waals surface area contributed by atoms with Gasteiger partial charge in [-0.1, -0.05) is 178 Å². The average molecular weight is 764 g/mol. The van der Waals surface area contributed by atoms with Gasteiger partial charge < -0.3 is 0 Å². The molecule has 1 heteroatoms. The highest BCUT2D eigenvalue weighted by Crippen LogP contribution is 2.57. The van der Waals surface area contributed by atoms with Crippen LogP contribution in [0.2, 0.25) is 0 Å². The average Bonchev–Trinajstić information content (AvgIpc) is 3.27. The van der Waals surface area contributed by atoms with E-state index in [0.717, 1.165) is 44.4 Å². The van der Waals surface area contributed by atoms with Crippen LogP contribution in [-0.4, -0.2) is 22.5 Å². The van der Waals surface area contributed by atoms with Crippen molar-refractivity contribution < 1.29 is 0 Å². The van der Waals surface area contributed by atoms with Crippen molar-refractivity contribution in [1.29, 1.82) is 0 Å². The maximum Gasteiger partial charge on any atom is 0.0455 e. The third-order valence-electron chi connectivity index (χ3n) is 16.2. The third-order valence-corrected chi connectivity index (χ3v) is 16.2. The normalized spacial score (nSPS) is 35.1. The standard InChI is InChI=1S/C57H65N/c1-39-14-10-18-46(38-39)43-28-32-49(33-29-43)58(54-25-11-15-40(2)41(54)3)56(4)36-34-44(35-37-56)42-26-30-48(31-27-42)57(47-19-6-5-7-20-47)52-23-9-8-21-50(52)51-22-12-16-45-17-13-24-53(57)55(45)51/h5-6,8-10,12,14,16-19,21-23,26-28,30,32,34-36,39-41,43,48-49,54H,7,11,13,15,20,24-25,29,31,33,37-38H2,1-4H3/t39?,40?,41?,43?,48?,49-,54?,56?,57?/m0/s1. The van der Waals surface area contributed by atoms with Crippen LogP contribution in [0.3, 0.4) is 0 Å². The fourth-order valence-electron chi connectivity index (χ4n) is 13.1. The van der Waals surface area contributed by atoms with Crippen molar-refractivity contribution in [2.45, 2.75) is 128 Å². The number of fused-ring (bicyclic) bond motifs is 2. The quantitative estimate of drug-likeness (QED) is 0.254. The van der Waals surface area contributed by atoms with E-state index in [1.807, 2.05) is 0 Å². The molecule has 298 valence electrons.